The molecular weight excluding hydrogens is 313 g/mol. The molecule has 0 aromatic heterocycles. The van der Waals surface area contributed by atoms with Crippen LogP contribution in [0.2, 0.25) is 0 Å². The van der Waals surface area contributed by atoms with Crippen LogP contribution in [0.5, 0.6) is 0 Å². The fraction of sp³-hybridized carbons (Fsp3) is 0.500. The Morgan fingerprint density at radius 2 is 1.83 bits per heavy atom. The fourth-order valence-corrected chi connectivity index (χ4v) is 4.17. The minimum atomic E-state index is -4.63. The van der Waals surface area contributed by atoms with Crippen LogP contribution in [0.3, 0.4) is 0 Å². The van der Waals surface area contributed by atoms with Gasteiger partial charge < -0.3 is 0 Å². The van der Waals surface area contributed by atoms with Crippen LogP contribution in [0.1, 0.15) is 51.0 Å². The van der Waals surface area contributed by atoms with Gasteiger partial charge in [-0.1, -0.05) is 62.6 Å². The molecule has 1 saturated carbocycles. The summed E-state index contributed by atoms with van der Waals surface area (Å²) in [6, 6.07) is 13.4. The smallest absolute Gasteiger partial charge is 0.280 e. The number of rotatable bonds is 4. The molecule has 0 heterocycles. The van der Waals surface area contributed by atoms with Crippen molar-refractivity contribution in [2.75, 3.05) is 0 Å². The van der Waals surface area contributed by atoms with E-state index in [4.69, 9.17) is 4.74 Å². The largest absolute Gasteiger partial charge is 0.523 e. The normalized spacial score (nSPS) is 25.1. The van der Waals surface area contributed by atoms with Crippen LogP contribution in [0, 0.1) is 5.92 Å². The molecule has 130 valence electrons. The summed E-state index contributed by atoms with van der Waals surface area (Å²) in [4.78, 5) is 0. The zero-order valence-electron chi connectivity index (χ0n) is 13.9. The predicted octanol–water partition coefficient (Wildman–Crippen LogP) is 6.56. The van der Waals surface area contributed by atoms with Gasteiger partial charge in [0, 0.05) is 0 Å². The van der Waals surface area contributed by atoms with Gasteiger partial charge in [-0.2, -0.15) is 0 Å². The number of hydrogen-bond donors (Lipinski definition) is 0. The summed E-state index contributed by atoms with van der Waals surface area (Å²) < 4.78 is 44.7. The number of ether oxygens (including phenoxy) is 1. The van der Waals surface area contributed by atoms with Gasteiger partial charge in [-0.05, 0) is 47.6 Å². The van der Waals surface area contributed by atoms with Crippen molar-refractivity contribution < 1.29 is 17.9 Å². The van der Waals surface area contributed by atoms with Crippen molar-refractivity contribution in [2.24, 2.45) is 5.92 Å². The second-order valence-electron chi connectivity index (χ2n) is 6.73. The Hall–Kier alpha value is -1.55. The van der Waals surface area contributed by atoms with Crippen LogP contribution in [0.4, 0.5) is 13.2 Å². The molecule has 0 radical (unpaired) electrons. The summed E-state index contributed by atoms with van der Waals surface area (Å²) >= 11 is 0. The third-order valence-corrected chi connectivity index (χ3v) is 5.18. The van der Waals surface area contributed by atoms with Gasteiger partial charge in [-0.15, -0.1) is 13.2 Å². The summed E-state index contributed by atoms with van der Waals surface area (Å²) in [7, 11) is 0. The van der Waals surface area contributed by atoms with Gasteiger partial charge in [0.25, 0.3) is 0 Å². The highest BCUT2D eigenvalue weighted by Crippen LogP contribution is 2.50. The van der Waals surface area contributed by atoms with Gasteiger partial charge >= 0.3 is 6.36 Å². The van der Waals surface area contributed by atoms with E-state index in [2.05, 4.69) is 0 Å². The van der Waals surface area contributed by atoms with Crippen LogP contribution in [-0.2, 0) is 10.3 Å². The molecule has 3 rings (SSSR count). The van der Waals surface area contributed by atoms with Crippen molar-refractivity contribution in [3.63, 3.8) is 0 Å². The van der Waals surface area contributed by atoms with E-state index in [0.29, 0.717) is 12.0 Å². The van der Waals surface area contributed by atoms with Crippen molar-refractivity contribution in [3.8, 4) is 0 Å². The van der Waals surface area contributed by atoms with E-state index in [0.717, 1.165) is 42.9 Å². The Morgan fingerprint density at radius 3 is 2.54 bits per heavy atom. The van der Waals surface area contributed by atoms with Crippen LogP contribution < -0.4 is 0 Å². The maximum atomic E-state index is 13.3. The van der Waals surface area contributed by atoms with Gasteiger partial charge in [-0.25, -0.2) is 0 Å². The molecular formula is C20H23F3O. The van der Waals surface area contributed by atoms with Crippen LogP contribution in [0.15, 0.2) is 42.5 Å². The molecule has 0 saturated heterocycles. The summed E-state index contributed by atoms with van der Waals surface area (Å²) in [5, 5.41) is 1.99. The summed E-state index contributed by atoms with van der Waals surface area (Å²) in [5.41, 5.74) is -0.590. The van der Waals surface area contributed by atoms with Crippen LogP contribution >= 0.6 is 0 Å². The van der Waals surface area contributed by atoms with Gasteiger partial charge in [0.15, 0.2) is 0 Å². The van der Waals surface area contributed by atoms with E-state index in [-0.39, 0.29) is 5.92 Å². The monoisotopic (exact) mass is 336 g/mol. The molecule has 0 amide bonds. The number of hydrogen-bond acceptors (Lipinski definition) is 1. The molecule has 0 N–H and O–H groups in total. The molecule has 0 spiro atoms. The summed E-state index contributed by atoms with van der Waals surface area (Å²) in [6.07, 6.45) is -0.0598. The number of alkyl halides is 3. The average Bonchev–Trinajstić information content (AvgIpc) is 2.55. The van der Waals surface area contributed by atoms with Crippen molar-refractivity contribution in [2.45, 2.75) is 57.4 Å². The quantitative estimate of drug-likeness (QED) is 0.614. The van der Waals surface area contributed by atoms with Crippen molar-refractivity contribution in [3.05, 3.63) is 48.0 Å². The Kier molecular flexibility index (Phi) is 4.86. The first kappa shape index (κ1) is 17.3. The van der Waals surface area contributed by atoms with Gasteiger partial charge in [0.05, 0.1) is 0 Å². The fourth-order valence-electron chi connectivity index (χ4n) is 4.17. The first-order valence-electron chi connectivity index (χ1n) is 8.71. The molecule has 2 unspecified atom stereocenters. The first-order chi connectivity index (χ1) is 11.4. The third kappa shape index (κ3) is 3.44. The minimum Gasteiger partial charge on any atom is -0.280 e. The number of benzene rings is 2. The van der Waals surface area contributed by atoms with E-state index in [9.17, 15) is 13.2 Å². The SMILES string of the molecule is CCCC1CCCCC1(OC(F)(F)F)c1ccc2ccccc2c1. The lowest BCUT2D eigenvalue weighted by Gasteiger charge is -2.44. The molecule has 1 aliphatic carbocycles. The molecule has 0 aliphatic heterocycles. The molecule has 0 bridgehead atoms. The third-order valence-electron chi connectivity index (χ3n) is 5.18. The van der Waals surface area contributed by atoms with Gasteiger partial charge in [-0.3, -0.25) is 4.74 Å². The van der Waals surface area contributed by atoms with Crippen LogP contribution in [-0.4, -0.2) is 6.36 Å². The maximum absolute atomic E-state index is 13.3. The molecule has 24 heavy (non-hydrogen) atoms. The van der Waals surface area contributed by atoms with E-state index in [1.165, 1.54) is 0 Å². The van der Waals surface area contributed by atoms with Crippen molar-refractivity contribution in [1.29, 1.82) is 0 Å². The summed E-state index contributed by atoms with van der Waals surface area (Å²) in [6.45, 7) is 2.02. The maximum Gasteiger partial charge on any atom is 0.523 e. The second-order valence-corrected chi connectivity index (χ2v) is 6.73. The van der Waals surface area contributed by atoms with Crippen molar-refractivity contribution in [1.82, 2.24) is 0 Å². The molecule has 2 aromatic rings. The van der Waals surface area contributed by atoms with Gasteiger partial charge in [0.1, 0.15) is 5.60 Å². The second kappa shape index (κ2) is 6.75. The lowest BCUT2D eigenvalue weighted by molar-refractivity contribution is -0.384. The van der Waals surface area contributed by atoms with E-state index < -0.39 is 12.0 Å². The van der Waals surface area contributed by atoms with E-state index in [1.54, 1.807) is 0 Å². The Morgan fingerprint density at radius 1 is 1.08 bits per heavy atom. The Balaban J connectivity index is 2.10. The first-order valence-corrected chi connectivity index (χ1v) is 8.71. The minimum absolute atomic E-state index is 0.0981. The zero-order chi connectivity index (χ0) is 17.2. The lowest BCUT2D eigenvalue weighted by Crippen LogP contribution is -2.44. The molecule has 1 fully saturated rings. The Labute approximate surface area is 140 Å². The highest BCUT2D eigenvalue weighted by molar-refractivity contribution is 5.83. The standard InChI is InChI=1S/C20H23F3O/c1-2-7-17-10-5-6-13-19(17,24-20(21,22)23)18-12-11-15-8-3-4-9-16(15)14-18/h3-4,8-9,11-12,14,17H,2,5-7,10,13H2,1H3. The zero-order valence-corrected chi connectivity index (χ0v) is 13.9. The lowest BCUT2D eigenvalue weighted by atomic mass is 9.69. The van der Waals surface area contributed by atoms with Crippen LogP contribution in [0.25, 0.3) is 10.8 Å². The average molecular weight is 336 g/mol. The molecule has 2 atom stereocenters. The number of fused-ring (bicyclic) bond motifs is 1. The van der Waals surface area contributed by atoms with E-state index >= 15 is 0 Å². The molecule has 1 nitrogen and oxygen atoms in total. The highest BCUT2D eigenvalue weighted by Gasteiger charge is 2.50. The van der Waals surface area contributed by atoms with Crippen molar-refractivity contribution >= 4 is 10.8 Å². The molecule has 2 aromatic carbocycles. The topological polar surface area (TPSA) is 9.23 Å². The highest BCUT2D eigenvalue weighted by atomic mass is 19.4. The van der Waals surface area contributed by atoms with Gasteiger partial charge in [0.2, 0.25) is 0 Å². The Bertz CT molecular complexity index is 693. The molecule has 4 heteroatoms. The summed E-state index contributed by atoms with van der Waals surface area (Å²) in [5.74, 6) is -0.0981. The number of halogens is 3. The molecule has 1 aliphatic rings. The predicted molar refractivity (Wildman–Crippen MR) is 89.6 cm³/mol. The van der Waals surface area contributed by atoms with E-state index in [1.807, 2.05) is 49.4 Å².